The van der Waals surface area contributed by atoms with Crippen molar-refractivity contribution >= 4 is 44.3 Å². The van der Waals surface area contributed by atoms with E-state index in [4.69, 9.17) is 11.5 Å². The van der Waals surface area contributed by atoms with Crippen molar-refractivity contribution in [1.82, 2.24) is 15.0 Å². The fourth-order valence-electron chi connectivity index (χ4n) is 4.97. The average molecular weight is 485 g/mol. The van der Waals surface area contributed by atoms with Crippen LogP contribution in [0.3, 0.4) is 0 Å². The van der Waals surface area contributed by atoms with Gasteiger partial charge in [-0.25, -0.2) is 15.0 Å². The molecule has 0 amide bonds. The fourth-order valence-corrected chi connectivity index (χ4v) is 5.30. The van der Waals surface area contributed by atoms with Gasteiger partial charge in [0.05, 0.1) is 22.1 Å². The summed E-state index contributed by atoms with van der Waals surface area (Å²) in [4.78, 5) is 15.0. The second-order valence-electron chi connectivity index (χ2n) is 8.47. The number of hydrogen-bond acceptors (Lipinski definition) is 8. The van der Waals surface area contributed by atoms with Gasteiger partial charge in [0, 0.05) is 17.5 Å². The van der Waals surface area contributed by atoms with Crippen LogP contribution in [0.25, 0.3) is 10.9 Å². The monoisotopic (exact) mass is 484 g/mol. The lowest BCUT2D eigenvalue weighted by Gasteiger charge is -2.28. The van der Waals surface area contributed by atoms with Gasteiger partial charge in [-0.3, -0.25) is 0 Å². The van der Waals surface area contributed by atoms with Gasteiger partial charge in [-0.2, -0.15) is 0 Å². The zero-order valence-corrected chi connectivity index (χ0v) is 18.5. The van der Waals surface area contributed by atoms with E-state index in [0.29, 0.717) is 18.1 Å². The lowest BCUT2D eigenvalue weighted by atomic mass is 9.95. The van der Waals surface area contributed by atoms with Crippen LogP contribution in [0, 0.1) is 5.92 Å². The van der Waals surface area contributed by atoms with Gasteiger partial charge in [-0.1, -0.05) is 12.1 Å². The minimum Gasteiger partial charge on any atom is -0.390 e. The van der Waals surface area contributed by atoms with Gasteiger partial charge >= 0.3 is 0 Å². The number of nitrogens with zero attached hydrogens (tertiary/aromatic N) is 4. The summed E-state index contributed by atoms with van der Waals surface area (Å²) in [6.45, 7) is 0.729. The van der Waals surface area contributed by atoms with Gasteiger partial charge in [0.15, 0.2) is 0 Å². The third-order valence-corrected chi connectivity index (χ3v) is 7.30. The van der Waals surface area contributed by atoms with E-state index in [2.05, 4.69) is 41.8 Å². The standard InChI is InChI=1S/C22H25BrN6O2/c23-15-8-12-3-1-11(7-16(12)28-21(15)25)2-4-13-9-17(19(31)18(13)30)29-6-5-14-20(24)26-10-27-22(14)29/h1,3,7-8,10,13,17-19,30-31H,2,4-6,9H2,(H2,25,28)(H2,24,26,27)/t13?,17?,18?,19-/m1/s1. The number of fused-ring (bicyclic) bond motifs is 2. The van der Waals surface area contributed by atoms with E-state index in [0.717, 1.165) is 58.1 Å². The van der Waals surface area contributed by atoms with Crippen molar-refractivity contribution in [2.24, 2.45) is 5.92 Å². The molecule has 2 aromatic heterocycles. The summed E-state index contributed by atoms with van der Waals surface area (Å²) >= 11 is 3.41. The second kappa shape index (κ2) is 7.89. The Balaban J connectivity index is 1.30. The first-order chi connectivity index (χ1) is 14.9. The Bertz CT molecular complexity index is 1140. The van der Waals surface area contributed by atoms with Crippen LogP contribution in [0.2, 0.25) is 0 Å². The molecule has 1 saturated carbocycles. The molecule has 0 bridgehead atoms. The molecule has 31 heavy (non-hydrogen) atoms. The van der Waals surface area contributed by atoms with Gasteiger partial charge in [-0.05, 0) is 65.2 Å². The molecule has 162 valence electrons. The molecule has 6 N–H and O–H groups in total. The highest BCUT2D eigenvalue weighted by atomic mass is 79.9. The van der Waals surface area contributed by atoms with E-state index in [1.165, 1.54) is 6.33 Å². The molecule has 0 spiro atoms. The van der Waals surface area contributed by atoms with Gasteiger partial charge in [0.25, 0.3) is 0 Å². The van der Waals surface area contributed by atoms with Gasteiger partial charge in [0.1, 0.15) is 29.9 Å². The Morgan fingerprint density at radius 1 is 1.10 bits per heavy atom. The maximum absolute atomic E-state index is 10.8. The number of halogens is 1. The fraction of sp³-hybridized carbons (Fsp3) is 0.409. The molecule has 3 aromatic rings. The molecule has 5 rings (SSSR count). The number of hydrogen-bond donors (Lipinski definition) is 4. The number of aryl methyl sites for hydroxylation is 1. The van der Waals surface area contributed by atoms with Crippen molar-refractivity contribution in [3.8, 4) is 0 Å². The number of aliphatic hydroxyl groups excluding tert-OH is 2. The lowest BCUT2D eigenvalue weighted by Crippen LogP contribution is -2.43. The topological polar surface area (TPSA) is 134 Å². The quantitative estimate of drug-likeness (QED) is 0.441. The van der Waals surface area contributed by atoms with E-state index in [9.17, 15) is 10.2 Å². The van der Waals surface area contributed by atoms with Crippen LogP contribution in [0.15, 0.2) is 35.1 Å². The first kappa shape index (κ1) is 20.4. The van der Waals surface area contributed by atoms with Crippen molar-refractivity contribution in [3.63, 3.8) is 0 Å². The van der Waals surface area contributed by atoms with Crippen LogP contribution in [-0.2, 0) is 12.8 Å². The van der Waals surface area contributed by atoms with E-state index < -0.39 is 12.2 Å². The Labute approximate surface area is 188 Å². The molecule has 2 aliphatic rings. The molecule has 3 heterocycles. The van der Waals surface area contributed by atoms with E-state index >= 15 is 0 Å². The summed E-state index contributed by atoms with van der Waals surface area (Å²) in [6, 6.07) is 7.96. The molecule has 1 aliphatic carbocycles. The minimum absolute atomic E-state index is 0.00174. The van der Waals surface area contributed by atoms with E-state index in [1.807, 2.05) is 18.2 Å². The first-order valence-corrected chi connectivity index (χ1v) is 11.3. The SMILES string of the molecule is Nc1nc2cc(CCC3CC(N4CCc5c(N)ncnc54)[C@@H](O)C3O)ccc2cc1Br. The van der Waals surface area contributed by atoms with Crippen molar-refractivity contribution in [3.05, 3.63) is 46.2 Å². The predicted octanol–water partition coefficient (Wildman–Crippen LogP) is 2.06. The van der Waals surface area contributed by atoms with Crippen molar-refractivity contribution in [2.75, 3.05) is 22.9 Å². The highest BCUT2D eigenvalue weighted by Gasteiger charge is 2.45. The zero-order chi connectivity index (χ0) is 21.7. The molecular weight excluding hydrogens is 460 g/mol. The maximum atomic E-state index is 10.8. The molecule has 1 fully saturated rings. The smallest absolute Gasteiger partial charge is 0.138 e. The summed E-state index contributed by atoms with van der Waals surface area (Å²) in [7, 11) is 0. The van der Waals surface area contributed by atoms with Gasteiger partial charge in [0.2, 0.25) is 0 Å². The number of aromatic nitrogens is 3. The predicted molar refractivity (Wildman–Crippen MR) is 124 cm³/mol. The zero-order valence-electron chi connectivity index (χ0n) is 16.9. The summed E-state index contributed by atoms with van der Waals surface area (Å²) < 4.78 is 0.789. The number of nitrogens with two attached hydrogens (primary N) is 2. The molecule has 9 heteroatoms. The van der Waals surface area contributed by atoms with E-state index in [-0.39, 0.29) is 12.0 Å². The number of benzene rings is 1. The third kappa shape index (κ3) is 3.60. The highest BCUT2D eigenvalue weighted by molar-refractivity contribution is 9.10. The van der Waals surface area contributed by atoms with Crippen LogP contribution in [0.1, 0.15) is 24.0 Å². The highest BCUT2D eigenvalue weighted by Crippen LogP contribution is 2.39. The third-order valence-electron chi connectivity index (χ3n) is 6.67. The molecule has 0 saturated heterocycles. The molecule has 4 atom stereocenters. The largest absolute Gasteiger partial charge is 0.390 e. The lowest BCUT2D eigenvalue weighted by molar-refractivity contribution is 0.0131. The molecule has 8 nitrogen and oxygen atoms in total. The van der Waals surface area contributed by atoms with Crippen molar-refractivity contribution < 1.29 is 10.2 Å². The summed E-state index contributed by atoms with van der Waals surface area (Å²) in [5, 5.41) is 22.5. The molecule has 1 aromatic carbocycles. The van der Waals surface area contributed by atoms with Crippen LogP contribution in [0.5, 0.6) is 0 Å². The van der Waals surface area contributed by atoms with E-state index in [1.54, 1.807) is 0 Å². The summed E-state index contributed by atoms with van der Waals surface area (Å²) in [6.07, 6.45) is 2.91. The molecular formula is C22H25BrN6O2. The maximum Gasteiger partial charge on any atom is 0.138 e. The van der Waals surface area contributed by atoms with Crippen LogP contribution in [0.4, 0.5) is 17.5 Å². The average Bonchev–Trinajstić information content (AvgIpc) is 3.30. The molecule has 1 aliphatic heterocycles. The first-order valence-electron chi connectivity index (χ1n) is 10.5. The van der Waals surface area contributed by atoms with Crippen molar-refractivity contribution in [2.45, 2.75) is 43.9 Å². The van der Waals surface area contributed by atoms with Crippen LogP contribution in [-0.4, -0.2) is 50.0 Å². The number of aliphatic hydroxyl groups is 2. The van der Waals surface area contributed by atoms with Crippen molar-refractivity contribution in [1.29, 1.82) is 0 Å². The normalized spacial score (nSPS) is 25.3. The Hall–Kier alpha value is -2.49. The Morgan fingerprint density at radius 2 is 1.94 bits per heavy atom. The number of pyridine rings is 1. The Kier molecular flexibility index (Phi) is 5.19. The minimum atomic E-state index is -0.817. The van der Waals surface area contributed by atoms with Gasteiger partial charge in [-0.15, -0.1) is 0 Å². The molecule has 0 radical (unpaired) electrons. The van der Waals surface area contributed by atoms with Crippen LogP contribution < -0.4 is 16.4 Å². The number of nitrogen functional groups attached to an aromatic ring is 2. The summed E-state index contributed by atoms with van der Waals surface area (Å²) in [5.74, 6) is 1.75. The Morgan fingerprint density at radius 3 is 2.77 bits per heavy atom. The second-order valence-corrected chi connectivity index (χ2v) is 9.32. The van der Waals surface area contributed by atoms with Crippen LogP contribution >= 0.6 is 15.9 Å². The molecule has 3 unspecified atom stereocenters. The van der Waals surface area contributed by atoms with Gasteiger partial charge < -0.3 is 26.6 Å². The number of rotatable bonds is 4. The number of anilines is 3. The summed E-state index contributed by atoms with van der Waals surface area (Å²) in [5.41, 5.74) is 14.8.